The summed E-state index contributed by atoms with van der Waals surface area (Å²) in [5.41, 5.74) is 3.28. The zero-order valence-corrected chi connectivity index (χ0v) is 10.4. The minimum atomic E-state index is 0.191. The first-order valence-electron chi connectivity index (χ1n) is 6.42. The van der Waals surface area contributed by atoms with E-state index in [4.69, 9.17) is 0 Å². The molecule has 0 fully saturated rings. The van der Waals surface area contributed by atoms with E-state index >= 15 is 0 Å². The van der Waals surface area contributed by atoms with Gasteiger partial charge in [-0.25, -0.2) is 0 Å². The fourth-order valence-corrected chi connectivity index (χ4v) is 2.08. The lowest BCUT2D eigenvalue weighted by Gasteiger charge is -2.05. The Morgan fingerprint density at radius 2 is 2.35 bits per heavy atom. The van der Waals surface area contributed by atoms with Crippen molar-refractivity contribution < 1.29 is 4.79 Å². The molecule has 0 radical (unpaired) electrons. The number of benzene rings is 1. The van der Waals surface area contributed by atoms with Gasteiger partial charge in [0, 0.05) is 17.8 Å². The molecule has 2 N–H and O–H groups in total. The second kappa shape index (κ2) is 5.82. The Morgan fingerprint density at radius 3 is 3.18 bits per heavy atom. The van der Waals surface area contributed by atoms with Gasteiger partial charge in [0.2, 0.25) is 0 Å². The molecule has 0 bridgehead atoms. The molecule has 0 spiro atoms. The highest BCUT2D eigenvalue weighted by molar-refractivity contribution is 5.98. The number of nitrogens with one attached hydrogen (secondary N) is 2. The minimum absolute atomic E-state index is 0.191. The molecule has 3 heteroatoms. The van der Waals surface area contributed by atoms with Crippen LogP contribution >= 0.6 is 0 Å². The maximum Gasteiger partial charge on any atom is 0.176 e. The van der Waals surface area contributed by atoms with Crippen LogP contribution < -0.4 is 10.6 Å². The van der Waals surface area contributed by atoms with Gasteiger partial charge in [0.05, 0.1) is 6.54 Å². The van der Waals surface area contributed by atoms with Gasteiger partial charge in [-0.2, -0.15) is 0 Å². The van der Waals surface area contributed by atoms with Crippen molar-refractivity contribution in [3.63, 3.8) is 0 Å². The maximum atomic E-state index is 11.9. The Hall–Kier alpha value is -1.35. The lowest BCUT2D eigenvalue weighted by molar-refractivity contribution is 0.0991. The van der Waals surface area contributed by atoms with E-state index in [2.05, 4.69) is 17.6 Å². The van der Waals surface area contributed by atoms with Crippen molar-refractivity contribution in [1.82, 2.24) is 5.32 Å². The van der Waals surface area contributed by atoms with Gasteiger partial charge >= 0.3 is 0 Å². The molecule has 0 unspecified atom stereocenters. The number of hydrogen-bond acceptors (Lipinski definition) is 3. The second-order valence-electron chi connectivity index (χ2n) is 4.50. The summed E-state index contributed by atoms with van der Waals surface area (Å²) in [6, 6.07) is 5.96. The molecular formula is C14H20N2O. The molecule has 0 saturated heterocycles. The molecule has 1 aromatic rings. The first-order chi connectivity index (χ1) is 8.31. The molecule has 17 heavy (non-hydrogen) atoms. The third kappa shape index (κ3) is 3.07. The molecular weight excluding hydrogens is 212 g/mol. The number of rotatable bonds is 6. The zero-order chi connectivity index (χ0) is 12.1. The Balaban J connectivity index is 1.91. The van der Waals surface area contributed by atoms with E-state index in [0.29, 0.717) is 6.54 Å². The highest BCUT2D eigenvalue weighted by atomic mass is 16.1. The van der Waals surface area contributed by atoms with Crippen LogP contribution in [0.2, 0.25) is 0 Å². The van der Waals surface area contributed by atoms with Gasteiger partial charge in [-0.3, -0.25) is 4.79 Å². The SMILES string of the molecule is CCCCNCC(=O)c1ccc2c(c1)CCN2. The molecule has 1 aromatic carbocycles. The molecule has 1 aliphatic rings. The molecule has 0 amide bonds. The first-order valence-corrected chi connectivity index (χ1v) is 6.42. The third-order valence-corrected chi connectivity index (χ3v) is 3.13. The van der Waals surface area contributed by atoms with Crippen LogP contribution in [-0.2, 0) is 6.42 Å². The molecule has 92 valence electrons. The number of unbranched alkanes of at least 4 members (excludes halogenated alkanes) is 1. The van der Waals surface area contributed by atoms with Crippen molar-refractivity contribution >= 4 is 11.5 Å². The van der Waals surface area contributed by atoms with Crippen molar-refractivity contribution in [1.29, 1.82) is 0 Å². The number of anilines is 1. The average molecular weight is 232 g/mol. The summed E-state index contributed by atoms with van der Waals surface area (Å²) in [6.45, 7) is 4.51. The normalized spacial score (nSPS) is 13.2. The molecule has 3 nitrogen and oxygen atoms in total. The van der Waals surface area contributed by atoms with Crippen molar-refractivity contribution in [3.05, 3.63) is 29.3 Å². The second-order valence-corrected chi connectivity index (χ2v) is 4.50. The molecule has 1 aliphatic heterocycles. The van der Waals surface area contributed by atoms with E-state index in [1.807, 2.05) is 18.2 Å². The van der Waals surface area contributed by atoms with E-state index in [-0.39, 0.29) is 5.78 Å². The summed E-state index contributed by atoms with van der Waals surface area (Å²) < 4.78 is 0. The van der Waals surface area contributed by atoms with Gasteiger partial charge in [0.25, 0.3) is 0 Å². The lowest BCUT2D eigenvalue weighted by Crippen LogP contribution is -2.24. The van der Waals surface area contributed by atoms with Crippen molar-refractivity contribution in [2.24, 2.45) is 0 Å². The first kappa shape index (κ1) is 12.1. The van der Waals surface area contributed by atoms with E-state index in [1.165, 1.54) is 11.3 Å². The predicted octanol–water partition coefficient (Wildman–Crippen LogP) is 2.23. The average Bonchev–Trinajstić information content (AvgIpc) is 2.81. The van der Waals surface area contributed by atoms with E-state index < -0.39 is 0 Å². The third-order valence-electron chi connectivity index (χ3n) is 3.13. The van der Waals surface area contributed by atoms with Crippen LogP contribution in [0, 0.1) is 0 Å². The highest BCUT2D eigenvalue weighted by Gasteiger charge is 2.12. The zero-order valence-electron chi connectivity index (χ0n) is 10.4. The largest absolute Gasteiger partial charge is 0.384 e. The maximum absolute atomic E-state index is 11.9. The van der Waals surface area contributed by atoms with Crippen LogP contribution in [0.25, 0.3) is 0 Å². The summed E-state index contributed by atoms with van der Waals surface area (Å²) in [4.78, 5) is 11.9. The quantitative estimate of drug-likeness (QED) is 0.583. The topological polar surface area (TPSA) is 41.1 Å². The van der Waals surface area contributed by atoms with Gasteiger partial charge < -0.3 is 10.6 Å². The summed E-state index contributed by atoms with van der Waals surface area (Å²) >= 11 is 0. The Bertz CT molecular complexity index is 401. The van der Waals surface area contributed by atoms with E-state index in [9.17, 15) is 4.79 Å². The summed E-state index contributed by atoms with van der Waals surface area (Å²) in [7, 11) is 0. The highest BCUT2D eigenvalue weighted by Crippen LogP contribution is 2.22. The minimum Gasteiger partial charge on any atom is -0.384 e. The summed E-state index contributed by atoms with van der Waals surface area (Å²) in [6.07, 6.45) is 3.31. The molecule has 0 atom stereocenters. The number of carbonyl (C=O) groups is 1. The fraction of sp³-hybridized carbons (Fsp3) is 0.500. The number of carbonyl (C=O) groups excluding carboxylic acids is 1. The molecule has 0 saturated carbocycles. The van der Waals surface area contributed by atoms with Gasteiger partial charge in [-0.1, -0.05) is 13.3 Å². The predicted molar refractivity (Wildman–Crippen MR) is 70.7 cm³/mol. The molecule has 0 aliphatic carbocycles. The standard InChI is InChI=1S/C14H20N2O/c1-2-3-7-15-10-14(17)12-4-5-13-11(9-12)6-8-16-13/h4-5,9,15-16H,2-3,6-8,10H2,1H3. The van der Waals surface area contributed by atoms with Crippen molar-refractivity contribution in [2.45, 2.75) is 26.2 Å². The summed E-state index contributed by atoms with van der Waals surface area (Å²) in [5.74, 6) is 0.191. The van der Waals surface area contributed by atoms with Crippen LogP contribution in [0.15, 0.2) is 18.2 Å². The Kier molecular flexibility index (Phi) is 4.15. The molecule has 1 heterocycles. The van der Waals surface area contributed by atoms with Crippen LogP contribution in [0.5, 0.6) is 0 Å². The number of ketones is 1. The number of Topliss-reactive ketones (excluding diaryl/α,β-unsaturated/α-hetero) is 1. The molecule has 2 rings (SSSR count). The number of hydrogen-bond donors (Lipinski definition) is 2. The van der Waals surface area contributed by atoms with Crippen molar-refractivity contribution in [3.8, 4) is 0 Å². The van der Waals surface area contributed by atoms with Crippen LogP contribution in [0.3, 0.4) is 0 Å². The smallest absolute Gasteiger partial charge is 0.176 e. The van der Waals surface area contributed by atoms with Gasteiger partial charge in [0.1, 0.15) is 0 Å². The van der Waals surface area contributed by atoms with Crippen LogP contribution in [-0.4, -0.2) is 25.4 Å². The monoisotopic (exact) mass is 232 g/mol. The van der Waals surface area contributed by atoms with Crippen LogP contribution in [0.4, 0.5) is 5.69 Å². The molecule has 0 aromatic heterocycles. The fourth-order valence-electron chi connectivity index (χ4n) is 2.08. The Morgan fingerprint density at radius 1 is 1.47 bits per heavy atom. The van der Waals surface area contributed by atoms with Crippen molar-refractivity contribution in [2.75, 3.05) is 25.0 Å². The summed E-state index contributed by atoms with van der Waals surface area (Å²) in [5, 5.41) is 6.49. The van der Waals surface area contributed by atoms with E-state index in [1.54, 1.807) is 0 Å². The van der Waals surface area contributed by atoms with Gasteiger partial charge in [0.15, 0.2) is 5.78 Å². The van der Waals surface area contributed by atoms with Crippen LogP contribution in [0.1, 0.15) is 35.7 Å². The van der Waals surface area contributed by atoms with Gasteiger partial charge in [-0.05, 0) is 43.1 Å². The lowest BCUT2D eigenvalue weighted by atomic mass is 10.1. The number of fused-ring (bicyclic) bond motifs is 1. The van der Waals surface area contributed by atoms with E-state index in [0.717, 1.165) is 37.9 Å². The Labute approximate surface area is 103 Å². The van der Waals surface area contributed by atoms with Gasteiger partial charge in [-0.15, -0.1) is 0 Å².